The molecule has 0 radical (unpaired) electrons. The lowest BCUT2D eigenvalue weighted by Gasteiger charge is -2.23. The Labute approximate surface area is 169 Å². The van der Waals surface area contributed by atoms with Gasteiger partial charge in [-0.2, -0.15) is 0 Å². The maximum atomic E-state index is 11.0. The van der Waals surface area contributed by atoms with Crippen molar-refractivity contribution in [2.45, 2.75) is 0 Å². The zero-order chi connectivity index (χ0) is 20.1. The van der Waals surface area contributed by atoms with Crippen molar-refractivity contribution in [2.24, 2.45) is 0 Å². The van der Waals surface area contributed by atoms with E-state index in [0.29, 0.717) is 5.76 Å². The second kappa shape index (κ2) is 8.26. The lowest BCUT2D eigenvalue weighted by Crippen LogP contribution is -2.29. The van der Waals surface area contributed by atoms with Crippen molar-refractivity contribution in [1.29, 1.82) is 0 Å². The van der Waals surface area contributed by atoms with Gasteiger partial charge in [0.15, 0.2) is 0 Å². The molecule has 0 aliphatic carbocycles. The van der Waals surface area contributed by atoms with Gasteiger partial charge in [-0.1, -0.05) is 54.6 Å². The second-order valence-electron chi connectivity index (χ2n) is 6.48. The molecule has 0 N–H and O–H groups in total. The van der Waals surface area contributed by atoms with Crippen molar-refractivity contribution in [1.82, 2.24) is 0 Å². The minimum atomic E-state index is -2.14. The van der Waals surface area contributed by atoms with E-state index in [4.69, 9.17) is 4.42 Å². The van der Waals surface area contributed by atoms with Gasteiger partial charge in [-0.15, -0.1) is 0 Å². The van der Waals surface area contributed by atoms with E-state index >= 15 is 0 Å². The third-order valence-corrected chi connectivity index (χ3v) is 8.68. The Bertz CT molecular complexity index is 1030. The normalized spacial score (nSPS) is 11.6. The molecular weight excluding hydrogens is 381 g/mol. The van der Waals surface area contributed by atoms with Crippen LogP contribution in [0.5, 0.6) is 0 Å². The van der Waals surface area contributed by atoms with Gasteiger partial charge in [-0.05, 0) is 42.5 Å². The zero-order valence-electron chi connectivity index (χ0n) is 15.6. The monoisotopic (exact) mass is 400 g/mol. The van der Waals surface area contributed by atoms with E-state index in [0.717, 1.165) is 0 Å². The van der Waals surface area contributed by atoms with Gasteiger partial charge in [0.1, 0.15) is 33.9 Å². The van der Waals surface area contributed by atoms with Crippen LogP contribution in [-0.2, 0) is 0 Å². The Morgan fingerprint density at radius 2 is 1.14 bits per heavy atom. The van der Waals surface area contributed by atoms with Crippen molar-refractivity contribution in [3.8, 4) is 0 Å². The lowest BCUT2D eigenvalue weighted by atomic mass is 10.4. The van der Waals surface area contributed by atoms with Crippen LogP contribution in [0.25, 0.3) is 6.08 Å². The average molecular weight is 400 g/mol. The number of rotatable bonds is 6. The van der Waals surface area contributed by atoms with Crippen molar-refractivity contribution in [3.63, 3.8) is 0 Å². The first-order chi connectivity index (χ1) is 14.2. The largest absolute Gasteiger partial charge is 0.433 e. The van der Waals surface area contributed by atoms with Gasteiger partial charge in [0.05, 0.1) is 11.9 Å². The van der Waals surface area contributed by atoms with E-state index in [2.05, 4.69) is 42.2 Å². The van der Waals surface area contributed by atoms with Crippen LogP contribution in [0, 0.1) is 10.1 Å². The molecule has 0 bridgehead atoms. The van der Waals surface area contributed by atoms with Crippen LogP contribution in [0.4, 0.5) is 5.88 Å². The van der Waals surface area contributed by atoms with Gasteiger partial charge < -0.3 is 4.42 Å². The second-order valence-corrected chi connectivity index (χ2v) is 9.77. The Balaban J connectivity index is 1.94. The van der Waals surface area contributed by atoms with Crippen molar-refractivity contribution >= 4 is 35.1 Å². The molecule has 0 fully saturated rings. The molecule has 1 aromatic heterocycles. The Morgan fingerprint density at radius 3 is 1.52 bits per heavy atom. The first kappa shape index (κ1) is 18.9. The molecule has 0 spiro atoms. The molecule has 0 atom stereocenters. The Hall–Kier alpha value is -3.49. The summed E-state index contributed by atoms with van der Waals surface area (Å²) >= 11 is 0. The topological polar surface area (TPSA) is 56.3 Å². The maximum absolute atomic E-state index is 11.0. The lowest BCUT2D eigenvalue weighted by molar-refractivity contribution is -0.402. The van der Waals surface area contributed by atoms with Gasteiger partial charge in [0.2, 0.25) is 0 Å². The molecule has 0 saturated carbocycles. The molecule has 1 heterocycles. The summed E-state index contributed by atoms with van der Waals surface area (Å²) in [5.74, 6) is 2.37. The van der Waals surface area contributed by atoms with Crippen LogP contribution in [0.1, 0.15) is 5.76 Å². The highest BCUT2D eigenvalue weighted by Crippen LogP contribution is 2.57. The minimum absolute atomic E-state index is 0.257. The molecule has 3 aromatic carbocycles. The van der Waals surface area contributed by atoms with E-state index < -0.39 is 12.2 Å². The summed E-state index contributed by atoms with van der Waals surface area (Å²) < 4.78 is 5.38. The number of furan rings is 1. The van der Waals surface area contributed by atoms with Gasteiger partial charge in [0, 0.05) is 6.08 Å². The summed E-state index contributed by atoms with van der Waals surface area (Å²) in [6, 6.07) is 34.1. The fraction of sp³-hybridized carbons (Fsp3) is 0. The number of hydrogen-bond acceptors (Lipinski definition) is 3. The smallest absolute Gasteiger partial charge is 0.401 e. The molecule has 29 heavy (non-hydrogen) atoms. The Kier molecular flexibility index (Phi) is 5.37. The third-order valence-electron chi connectivity index (χ3n) is 4.75. The molecule has 0 saturated heterocycles. The number of hydrogen-bond donors (Lipinski definition) is 0. The van der Waals surface area contributed by atoms with E-state index in [-0.39, 0.29) is 5.88 Å². The predicted molar refractivity (Wildman–Crippen MR) is 120 cm³/mol. The molecule has 5 heteroatoms. The molecule has 0 aliphatic rings. The highest BCUT2D eigenvalue weighted by molar-refractivity contribution is 7.98. The SMILES string of the molecule is O=[N+]([O-])c1ccc(C=C[P+](c2ccccc2)(c2ccccc2)c2ccccc2)o1. The van der Waals surface area contributed by atoms with Gasteiger partial charge >= 0.3 is 5.88 Å². The summed E-state index contributed by atoms with van der Waals surface area (Å²) in [6.45, 7) is 0. The van der Waals surface area contributed by atoms with Crippen LogP contribution in [0.15, 0.2) is 113 Å². The standard InChI is InChI=1S/C24H19NO3P/c26-25(27)24-17-16-20(28-24)18-19-29(21-10-4-1-5-11-21,22-12-6-2-7-13-22)23-14-8-3-9-15-23/h1-19H/q+1. The molecular formula is C24H19NO3P+. The van der Waals surface area contributed by atoms with Gasteiger partial charge in [-0.25, -0.2) is 0 Å². The average Bonchev–Trinajstić information content (AvgIpc) is 3.26. The quantitative estimate of drug-likeness (QED) is 0.255. The third kappa shape index (κ3) is 3.75. The molecule has 0 amide bonds. The maximum Gasteiger partial charge on any atom is 0.433 e. The molecule has 4 nitrogen and oxygen atoms in total. The van der Waals surface area contributed by atoms with Crippen LogP contribution in [-0.4, -0.2) is 4.92 Å². The van der Waals surface area contributed by atoms with Crippen molar-refractivity contribution < 1.29 is 9.34 Å². The highest BCUT2D eigenvalue weighted by atomic mass is 31.2. The number of benzene rings is 3. The molecule has 0 unspecified atom stereocenters. The molecule has 0 aliphatic heterocycles. The summed E-state index contributed by atoms with van der Waals surface area (Å²) in [6.07, 6.45) is 1.85. The fourth-order valence-corrected chi connectivity index (χ4v) is 7.12. The zero-order valence-corrected chi connectivity index (χ0v) is 16.5. The summed E-state index contributed by atoms with van der Waals surface area (Å²) in [5, 5.41) is 14.6. The molecule has 142 valence electrons. The summed E-state index contributed by atoms with van der Waals surface area (Å²) in [5.41, 5.74) is 0. The van der Waals surface area contributed by atoms with Crippen LogP contribution in [0.3, 0.4) is 0 Å². The van der Waals surface area contributed by atoms with Gasteiger partial charge in [0.25, 0.3) is 0 Å². The number of nitrogens with zero attached hydrogens (tertiary/aromatic N) is 1. The predicted octanol–water partition coefficient (Wildman–Crippen LogP) is 5.15. The first-order valence-electron chi connectivity index (χ1n) is 9.19. The molecule has 4 rings (SSSR count). The van der Waals surface area contributed by atoms with E-state index in [1.165, 1.54) is 22.0 Å². The van der Waals surface area contributed by atoms with E-state index in [1.807, 2.05) is 60.7 Å². The summed E-state index contributed by atoms with van der Waals surface area (Å²) in [4.78, 5) is 10.5. The van der Waals surface area contributed by atoms with Crippen LogP contribution < -0.4 is 15.9 Å². The van der Waals surface area contributed by atoms with E-state index in [1.54, 1.807) is 6.07 Å². The highest BCUT2D eigenvalue weighted by Gasteiger charge is 2.43. The van der Waals surface area contributed by atoms with Crippen LogP contribution >= 0.6 is 7.26 Å². The van der Waals surface area contributed by atoms with Crippen molar-refractivity contribution in [3.05, 3.63) is 125 Å². The van der Waals surface area contributed by atoms with Crippen LogP contribution in [0.2, 0.25) is 0 Å². The Morgan fingerprint density at radius 1 is 0.690 bits per heavy atom. The van der Waals surface area contributed by atoms with Gasteiger partial charge in [-0.3, -0.25) is 10.1 Å². The fourth-order valence-electron chi connectivity index (χ4n) is 3.41. The summed E-state index contributed by atoms with van der Waals surface area (Å²) in [7, 11) is -2.14. The van der Waals surface area contributed by atoms with E-state index in [9.17, 15) is 10.1 Å². The molecule has 4 aromatic rings. The first-order valence-corrected chi connectivity index (χ1v) is 11.0. The minimum Gasteiger partial charge on any atom is -0.401 e. The van der Waals surface area contributed by atoms with Crippen molar-refractivity contribution in [2.75, 3.05) is 0 Å². The number of nitro groups is 1.